The minimum absolute atomic E-state index is 0.192. The molecule has 0 saturated carbocycles. The maximum atomic E-state index is 12.9. The van der Waals surface area contributed by atoms with Crippen LogP contribution in [0.2, 0.25) is 0 Å². The van der Waals surface area contributed by atoms with Crippen molar-refractivity contribution < 1.29 is 9.53 Å². The van der Waals surface area contributed by atoms with Crippen molar-refractivity contribution in [3.63, 3.8) is 0 Å². The van der Waals surface area contributed by atoms with Crippen molar-refractivity contribution in [3.8, 4) is 0 Å². The summed E-state index contributed by atoms with van der Waals surface area (Å²) in [5, 5.41) is 0. The number of ether oxygens (including phenoxy) is 1. The quantitative estimate of drug-likeness (QED) is 0.278. The smallest absolute Gasteiger partial charge is 0.182 e. The summed E-state index contributed by atoms with van der Waals surface area (Å²) < 4.78 is 5.40. The monoisotopic (exact) mass is 381 g/mol. The SMILES string of the molecule is CC(C)(C(=O)c1ccc(SCCCCCCS)cc1)N1CCOCC1. The van der Waals surface area contributed by atoms with Crippen LogP contribution < -0.4 is 0 Å². The predicted molar refractivity (Wildman–Crippen MR) is 110 cm³/mol. The number of thiol groups is 1. The highest BCUT2D eigenvalue weighted by Gasteiger charge is 2.35. The zero-order valence-corrected chi connectivity index (χ0v) is 17.2. The number of carbonyl (C=O) groups is 1. The van der Waals surface area contributed by atoms with Gasteiger partial charge in [0.2, 0.25) is 0 Å². The summed E-state index contributed by atoms with van der Waals surface area (Å²) in [6.07, 6.45) is 5.00. The maximum Gasteiger partial charge on any atom is 0.182 e. The summed E-state index contributed by atoms with van der Waals surface area (Å²) >= 11 is 6.12. The van der Waals surface area contributed by atoms with E-state index in [0.717, 1.165) is 30.2 Å². The van der Waals surface area contributed by atoms with Gasteiger partial charge in [-0.05, 0) is 50.3 Å². The van der Waals surface area contributed by atoms with Crippen molar-refractivity contribution in [2.24, 2.45) is 0 Å². The molecular formula is C20H31NO2S2. The van der Waals surface area contributed by atoms with E-state index in [2.05, 4.69) is 29.7 Å². The molecule has 0 aromatic heterocycles. The van der Waals surface area contributed by atoms with Crippen molar-refractivity contribution in [1.82, 2.24) is 4.90 Å². The fourth-order valence-corrected chi connectivity index (χ4v) is 4.22. The molecule has 1 aliphatic heterocycles. The highest BCUT2D eigenvalue weighted by Crippen LogP contribution is 2.25. The molecule has 0 amide bonds. The largest absolute Gasteiger partial charge is 0.379 e. The molecule has 0 aliphatic carbocycles. The van der Waals surface area contributed by atoms with E-state index < -0.39 is 5.54 Å². The molecule has 140 valence electrons. The van der Waals surface area contributed by atoms with Gasteiger partial charge >= 0.3 is 0 Å². The Labute approximate surface area is 162 Å². The Balaban J connectivity index is 1.84. The third-order valence-electron chi connectivity index (χ3n) is 4.80. The lowest BCUT2D eigenvalue weighted by molar-refractivity contribution is -0.00430. The van der Waals surface area contributed by atoms with Crippen LogP contribution in [0.15, 0.2) is 29.2 Å². The van der Waals surface area contributed by atoms with Crippen molar-refractivity contribution >= 4 is 30.2 Å². The number of nitrogens with zero attached hydrogens (tertiary/aromatic N) is 1. The number of morpholine rings is 1. The van der Waals surface area contributed by atoms with Gasteiger partial charge in [0.15, 0.2) is 5.78 Å². The molecule has 0 radical (unpaired) electrons. The Morgan fingerprint density at radius 3 is 2.40 bits per heavy atom. The van der Waals surface area contributed by atoms with Crippen molar-refractivity contribution in [2.75, 3.05) is 37.8 Å². The third-order valence-corrected chi connectivity index (χ3v) is 6.21. The van der Waals surface area contributed by atoms with Gasteiger partial charge in [0.1, 0.15) is 0 Å². The molecule has 0 unspecified atom stereocenters. The summed E-state index contributed by atoms with van der Waals surface area (Å²) in [5.74, 6) is 2.32. The second kappa shape index (κ2) is 10.6. The normalized spacial score (nSPS) is 16.1. The zero-order valence-electron chi connectivity index (χ0n) is 15.5. The Kier molecular flexibility index (Phi) is 8.83. The van der Waals surface area contributed by atoms with E-state index in [1.54, 1.807) is 0 Å². The van der Waals surface area contributed by atoms with Crippen LogP contribution in [0.25, 0.3) is 0 Å². The second-order valence-electron chi connectivity index (χ2n) is 7.00. The molecule has 2 rings (SSSR count). The summed E-state index contributed by atoms with van der Waals surface area (Å²) in [6.45, 7) is 7.10. The first-order valence-electron chi connectivity index (χ1n) is 9.27. The van der Waals surface area contributed by atoms with E-state index in [1.165, 1.54) is 30.6 Å². The van der Waals surface area contributed by atoms with E-state index in [0.29, 0.717) is 13.2 Å². The van der Waals surface area contributed by atoms with Gasteiger partial charge in [-0.3, -0.25) is 9.69 Å². The van der Waals surface area contributed by atoms with Crippen molar-refractivity contribution in [2.45, 2.75) is 50.0 Å². The molecule has 0 spiro atoms. The van der Waals surface area contributed by atoms with E-state index in [4.69, 9.17) is 4.74 Å². The summed E-state index contributed by atoms with van der Waals surface area (Å²) in [5.41, 5.74) is 0.320. The van der Waals surface area contributed by atoms with Gasteiger partial charge in [0, 0.05) is 23.5 Å². The average molecular weight is 382 g/mol. The van der Waals surface area contributed by atoms with E-state index in [-0.39, 0.29) is 5.78 Å². The van der Waals surface area contributed by atoms with Gasteiger partial charge in [-0.1, -0.05) is 25.0 Å². The predicted octanol–water partition coefficient (Wildman–Crippen LogP) is 4.56. The molecule has 3 nitrogen and oxygen atoms in total. The van der Waals surface area contributed by atoms with Crippen molar-refractivity contribution in [3.05, 3.63) is 29.8 Å². The van der Waals surface area contributed by atoms with Crippen LogP contribution in [-0.2, 0) is 4.74 Å². The van der Waals surface area contributed by atoms with Gasteiger partial charge < -0.3 is 4.74 Å². The number of benzene rings is 1. The van der Waals surface area contributed by atoms with Crippen molar-refractivity contribution in [1.29, 1.82) is 0 Å². The molecule has 25 heavy (non-hydrogen) atoms. The molecule has 1 aliphatic rings. The minimum atomic E-state index is -0.481. The highest BCUT2D eigenvalue weighted by molar-refractivity contribution is 7.99. The lowest BCUT2D eigenvalue weighted by Crippen LogP contribution is -2.54. The summed E-state index contributed by atoms with van der Waals surface area (Å²) in [4.78, 5) is 16.4. The highest BCUT2D eigenvalue weighted by atomic mass is 32.2. The Bertz CT molecular complexity index is 525. The minimum Gasteiger partial charge on any atom is -0.379 e. The third kappa shape index (κ3) is 6.31. The number of carbonyl (C=O) groups excluding carboxylic acids is 1. The number of hydrogen-bond acceptors (Lipinski definition) is 5. The lowest BCUT2D eigenvalue weighted by Gasteiger charge is -2.39. The molecule has 1 fully saturated rings. The fraction of sp³-hybridized carbons (Fsp3) is 0.650. The number of hydrogen-bond donors (Lipinski definition) is 1. The lowest BCUT2D eigenvalue weighted by atomic mass is 9.91. The number of thioether (sulfide) groups is 1. The van der Waals surface area contributed by atoms with Gasteiger partial charge in [-0.25, -0.2) is 0 Å². The molecule has 1 heterocycles. The maximum absolute atomic E-state index is 12.9. The van der Waals surface area contributed by atoms with E-state index in [9.17, 15) is 4.79 Å². The standard InChI is InChI=1S/C20H31NO2S2/c1-20(2,21-11-13-23-14-12-21)19(22)17-7-9-18(10-8-17)25-16-6-4-3-5-15-24/h7-10,24H,3-6,11-16H2,1-2H3. The van der Waals surface area contributed by atoms with Gasteiger partial charge in [0.25, 0.3) is 0 Å². The summed E-state index contributed by atoms with van der Waals surface area (Å²) in [7, 11) is 0. The Hall–Kier alpha value is -0.490. The Morgan fingerprint density at radius 2 is 1.76 bits per heavy atom. The first kappa shape index (κ1) is 20.8. The number of ketones is 1. The first-order valence-corrected chi connectivity index (χ1v) is 10.9. The fourth-order valence-electron chi connectivity index (χ4n) is 3.08. The second-order valence-corrected chi connectivity index (χ2v) is 8.61. The van der Waals surface area contributed by atoms with Gasteiger partial charge in [0.05, 0.1) is 18.8 Å². The van der Waals surface area contributed by atoms with Crippen LogP contribution >= 0.6 is 24.4 Å². The van der Waals surface area contributed by atoms with E-state index >= 15 is 0 Å². The number of Topliss-reactive ketones (excluding diaryl/α,β-unsaturated/α-hetero) is 1. The first-order chi connectivity index (χ1) is 12.1. The molecule has 1 aromatic rings. The van der Waals surface area contributed by atoms with Crippen LogP contribution in [0, 0.1) is 0 Å². The molecule has 0 bridgehead atoms. The van der Waals surface area contributed by atoms with Crippen LogP contribution in [-0.4, -0.2) is 54.0 Å². The average Bonchev–Trinajstić information content (AvgIpc) is 2.65. The molecule has 0 atom stereocenters. The molecule has 1 saturated heterocycles. The zero-order chi connectivity index (χ0) is 18.1. The van der Waals surface area contributed by atoms with Crippen LogP contribution in [0.3, 0.4) is 0 Å². The molecule has 0 N–H and O–H groups in total. The molecule has 5 heteroatoms. The van der Waals surface area contributed by atoms with Crippen LogP contribution in [0.4, 0.5) is 0 Å². The van der Waals surface area contributed by atoms with Gasteiger partial charge in [-0.15, -0.1) is 11.8 Å². The van der Waals surface area contributed by atoms with Crippen LogP contribution in [0.5, 0.6) is 0 Å². The number of unbranched alkanes of at least 4 members (excludes halogenated alkanes) is 3. The number of rotatable bonds is 10. The van der Waals surface area contributed by atoms with Crippen LogP contribution in [0.1, 0.15) is 49.9 Å². The Morgan fingerprint density at radius 1 is 1.12 bits per heavy atom. The summed E-state index contributed by atoms with van der Waals surface area (Å²) in [6, 6.07) is 8.13. The molecular weight excluding hydrogens is 350 g/mol. The van der Waals surface area contributed by atoms with E-state index in [1.807, 2.05) is 37.7 Å². The molecule has 1 aromatic carbocycles. The van der Waals surface area contributed by atoms with Gasteiger partial charge in [-0.2, -0.15) is 12.6 Å². The topological polar surface area (TPSA) is 29.5 Å².